The number of fused-ring (bicyclic) bond motifs is 1. The van der Waals surface area contributed by atoms with E-state index in [1.807, 2.05) is 36.6 Å². The van der Waals surface area contributed by atoms with Crippen LogP contribution in [0.4, 0.5) is 0 Å². The maximum absolute atomic E-state index is 12.4. The minimum absolute atomic E-state index is 0. The number of hydrazone groups is 1. The lowest BCUT2D eigenvalue weighted by molar-refractivity contribution is -0.120. The van der Waals surface area contributed by atoms with Gasteiger partial charge in [0.25, 0.3) is 11.8 Å². The van der Waals surface area contributed by atoms with Gasteiger partial charge in [-0.3, -0.25) is 9.59 Å². The van der Waals surface area contributed by atoms with Crippen LogP contribution in [0.3, 0.4) is 0 Å². The van der Waals surface area contributed by atoms with Gasteiger partial charge in [-0.15, -0.1) is 17.9 Å². The molecule has 178 valence electrons. The maximum Gasteiger partial charge on any atom is 0.259 e. The van der Waals surface area contributed by atoms with Crippen LogP contribution in [0.1, 0.15) is 25.7 Å². The standard InChI is InChI=1S/C21H21N3O5S.C3H6.2H2/c1-27-16-8-13(9-17(28-2)20(16)29-3)21(26)22-11-19(25)24-23-10-14-12-30-18-7-5-4-6-15(14)18;1-3-2;;/h4-10,12H,11H2,1-3H3,(H,22,26)(H,24,25);3H,1H2,2H3;2*1H/b23-10+;;;. The Bertz CT molecular complexity index is 1130. The van der Waals surface area contributed by atoms with Crippen molar-refractivity contribution in [1.29, 1.82) is 0 Å². The first-order valence-corrected chi connectivity index (χ1v) is 10.8. The van der Waals surface area contributed by atoms with Gasteiger partial charge in [-0.2, -0.15) is 5.10 Å². The number of allylic oxidation sites excluding steroid dienone is 1. The number of hydrogen-bond acceptors (Lipinski definition) is 7. The molecule has 0 saturated heterocycles. The Balaban J connectivity index is 0.00000220. The van der Waals surface area contributed by atoms with Crippen molar-refractivity contribution in [2.75, 3.05) is 27.9 Å². The molecule has 0 saturated carbocycles. The molecule has 0 unspecified atom stereocenters. The summed E-state index contributed by atoms with van der Waals surface area (Å²) in [7, 11) is 4.39. The summed E-state index contributed by atoms with van der Waals surface area (Å²) in [5.41, 5.74) is 3.59. The van der Waals surface area contributed by atoms with E-state index >= 15 is 0 Å². The predicted molar refractivity (Wildman–Crippen MR) is 136 cm³/mol. The van der Waals surface area contributed by atoms with E-state index in [9.17, 15) is 9.59 Å². The van der Waals surface area contributed by atoms with E-state index in [2.05, 4.69) is 22.4 Å². The first-order valence-electron chi connectivity index (χ1n) is 9.92. The number of carbonyl (C=O) groups excluding carboxylic acids is 2. The molecular formula is C24H31N3O5S. The number of rotatable bonds is 8. The lowest BCUT2D eigenvalue weighted by atomic mass is 10.1. The normalized spacial score (nSPS) is 10.2. The van der Waals surface area contributed by atoms with Gasteiger partial charge in [-0.1, -0.05) is 24.3 Å². The summed E-state index contributed by atoms with van der Waals surface area (Å²) in [6, 6.07) is 11.0. The first-order chi connectivity index (χ1) is 16.0. The summed E-state index contributed by atoms with van der Waals surface area (Å²) in [5.74, 6) is 0.159. The van der Waals surface area contributed by atoms with E-state index in [1.54, 1.807) is 23.6 Å². The fraction of sp³-hybridized carbons (Fsp3) is 0.208. The van der Waals surface area contributed by atoms with Crippen LogP contribution >= 0.6 is 11.3 Å². The summed E-state index contributed by atoms with van der Waals surface area (Å²) >= 11 is 1.60. The second-order valence-corrected chi connectivity index (χ2v) is 7.40. The van der Waals surface area contributed by atoms with Crippen LogP contribution in [0.2, 0.25) is 0 Å². The maximum atomic E-state index is 12.4. The molecule has 9 heteroatoms. The van der Waals surface area contributed by atoms with Gasteiger partial charge in [0.05, 0.1) is 34.1 Å². The van der Waals surface area contributed by atoms with Crippen LogP contribution in [0.5, 0.6) is 17.2 Å². The van der Waals surface area contributed by atoms with Crippen LogP contribution in [0.15, 0.2) is 59.5 Å². The van der Waals surface area contributed by atoms with Crippen LogP contribution in [0.25, 0.3) is 10.1 Å². The fourth-order valence-electron chi connectivity index (χ4n) is 2.79. The Labute approximate surface area is 199 Å². The van der Waals surface area contributed by atoms with Gasteiger partial charge >= 0.3 is 0 Å². The fourth-order valence-corrected chi connectivity index (χ4v) is 3.70. The van der Waals surface area contributed by atoms with E-state index in [0.717, 1.165) is 15.6 Å². The zero-order valence-electron chi connectivity index (χ0n) is 19.0. The Kier molecular flexibility index (Phi) is 9.91. The third-order valence-electron chi connectivity index (χ3n) is 4.24. The second-order valence-electron chi connectivity index (χ2n) is 6.49. The number of methoxy groups -OCH3 is 3. The summed E-state index contributed by atoms with van der Waals surface area (Å²) in [6.07, 6.45) is 3.33. The largest absolute Gasteiger partial charge is 0.493 e. The number of nitrogens with zero attached hydrogens (tertiary/aromatic N) is 1. The minimum atomic E-state index is -0.461. The average Bonchev–Trinajstić information content (AvgIpc) is 3.25. The molecule has 1 heterocycles. The minimum Gasteiger partial charge on any atom is -0.493 e. The molecule has 3 aromatic rings. The molecule has 0 aliphatic carbocycles. The molecule has 33 heavy (non-hydrogen) atoms. The molecule has 0 aliphatic heterocycles. The van der Waals surface area contributed by atoms with Gasteiger partial charge in [-0.25, -0.2) is 5.43 Å². The van der Waals surface area contributed by atoms with Crippen LogP contribution < -0.4 is 25.0 Å². The van der Waals surface area contributed by atoms with Gasteiger partial charge < -0.3 is 19.5 Å². The SMILES string of the molecule is C=CC.COc1cc(C(=O)NCC(=O)N/N=C/c2csc3ccccc23)cc(OC)c1OC.[HH].[HH]. The van der Waals surface area contributed by atoms with E-state index < -0.39 is 11.8 Å². The second kappa shape index (κ2) is 12.9. The van der Waals surface area contributed by atoms with Crippen molar-refractivity contribution in [3.63, 3.8) is 0 Å². The molecule has 0 radical (unpaired) electrons. The van der Waals surface area contributed by atoms with Crippen molar-refractivity contribution >= 4 is 39.5 Å². The molecule has 0 atom stereocenters. The monoisotopic (exact) mass is 473 g/mol. The number of hydrogen-bond donors (Lipinski definition) is 2. The summed E-state index contributed by atoms with van der Waals surface area (Å²) < 4.78 is 16.8. The highest BCUT2D eigenvalue weighted by molar-refractivity contribution is 7.17. The molecule has 0 spiro atoms. The van der Waals surface area contributed by atoms with E-state index in [1.165, 1.54) is 33.5 Å². The number of carbonyl (C=O) groups is 2. The highest BCUT2D eigenvalue weighted by Crippen LogP contribution is 2.38. The molecule has 0 bridgehead atoms. The number of amides is 2. The molecule has 1 aromatic heterocycles. The lowest BCUT2D eigenvalue weighted by Gasteiger charge is -2.14. The Morgan fingerprint density at radius 2 is 1.76 bits per heavy atom. The molecule has 3 rings (SSSR count). The first kappa shape index (κ1) is 25.4. The predicted octanol–water partition coefficient (Wildman–Crippen LogP) is 4.49. The Hall–Kier alpha value is -3.85. The molecule has 2 N–H and O–H groups in total. The van der Waals surface area contributed by atoms with Gasteiger partial charge in [0, 0.05) is 29.4 Å². The summed E-state index contributed by atoms with van der Waals surface area (Å²) in [4.78, 5) is 24.4. The van der Waals surface area contributed by atoms with Crippen molar-refractivity contribution < 1.29 is 26.7 Å². The van der Waals surface area contributed by atoms with Crippen LogP contribution in [0, 0.1) is 0 Å². The van der Waals surface area contributed by atoms with E-state index in [4.69, 9.17) is 14.2 Å². The van der Waals surface area contributed by atoms with E-state index in [0.29, 0.717) is 17.2 Å². The molecule has 0 aliphatic rings. The topological polar surface area (TPSA) is 98.2 Å². The third-order valence-corrected chi connectivity index (χ3v) is 5.22. The Morgan fingerprint density at radius 1 is 1.12 bits per heavy atom. The summed E-state index contributed by atoms with van der Waals surface area (Å²) in [6.45, 7) is 5.01. The smallest absolute Gasteiger partial charge is 0.259 e. The Morgan fingerprint density at radius 3 is 2.36 bits per heavy atom. The van der Waals surface area contributed by atoms with Gasteiger partial charge in [0.1, 0.15) is 0 Å². The average molecular weight is 474 g/mol. The number of thiophene rings is 1. The highest BCUT2D eigenvalue weighted by Gasteiger charge is 2.17. The highest BCUT2D eigenvalue weighted by atomic mass is 32.1. The molecule has 0 fully saturated rings. The van der Waals surface area contributed by atoms with Crippen molar-refractivity contribution in [2.24, 2.45) is 5.10 Å². The van der Waals surface area contributed by atoms with Crippen molar-refractivity contribution in [1.82, 2.24) is 10.7 Å². The van der Waals surface area contributed by atoms with Gasteiger partial charge in [-0.05, 0) is 25.1 Å². The molecule has 8 nitrogen and oxygen atoms in total. The molecule has 2 aromatic carbocycles. The number of nitrogens with one attached hydrogen (secondary N) is 2. The third kappa shape index (κ3) is 6.81. The zero-order valence-corrected chi connectivity index (χ0v) is 19.8. The quantitative estimate of drug-likeness (QED) is 0.285. The molecule has 2 amide bonds. The van der Waals surface area contributed by atoms with Crippen molar-refractivity contribution in [3.05, 3.63) is 65.6 Å². The zero-order chi connectivity index (χ0) is 24.2. The molecular weight excluding hydrogens is 442 g/mol. The van der Waals surface area contributed by atoms with Gasteiger partial charge in [0.2, 0.25) is 5.75 Å². The van der Waals surface area contributed by atoms with E-state index in [-0.39, 0.29) is 15.0 Å². The van der Waals surface area contributed by atoms with Crippen LogP contribution in [-0.4, -0.2) is 45.9 Å². The van der Waals surface area contributed by atoms with Gasteiger partial charge in [0.15, 0.2) is 11.5 Å². The lowest BCUT2D eigenvalue weighted by Crippen LogP contribution is -2.34. The van der Waals surface area contributed by atoms with Crippen molar-refractivity contribution in [3.8, 4) is 17.2 Å². The number of benzene rings is 2. The number of ether oxygens (including phenoxy) is 3. The summed E-state index contributed by atoms with van der Waals surface area (Å²) in [5, 5.41) is 9.53. The van der Waals surface area contributed by atoms with Crippen LogP contribution in [-0.2, 0) is 4.79 Å². The van der Waals surface area contributed by atoms with Crippen molar-refractivity contribution in [2.45, 2.75) is 6.92 Å².